The maximum absolute atomic E-state index is 13.0. The monoisotopic (exact) mass is 441 g/mol. The van der Waals surface area contributed by atoms with Gasteiger partial charge in [0.2, 0.25) is 11.8 Å². The number of halogens is 2. The average Bonchev–Trinajstić information content (AvgIpc) is 2.75. The highest BCUT2D eigenvalue weighted by Crippen LogP contribution is 2.37. The fourth-order valence-electron chi connectivity index (χ4n) is 3.59. The molecule has 0 fully saturated rings. The van der Waals surface area contributed by atoms with Crippen LogP contribution in [-0.2, 0) is 6.42 Å². The number of aromatic nitrogens is 2. The summed E-state index contributed by atoms with van der Waals surface area (Å²) >= 11 is 12.5. The Morgan fingerprint density at radius 2 is 2.00 bits per heavy atom. The van der Waals surface area contributed by atoms with E-state index in [2.05, 4.69) is 26.7 Å². The van der Waals surface area contributed by atoms with Gasteiger partial charge in [-0.2, -0.15) is 4.98 Å². The summed E-state index contributed by atoms with van der Waals surface area (Å²) in [6.45, 7) is 0.919. The van der Waals surface area contributed by atoms with Crippen LogP contribution in [0.2, 0.25) is 10.0 Å². The second-order valence-electron chi connectivity index (χ2n) is 7.02. The van der Waals surface area contributed by atoms with E-state index >= 15 is 0 Å². The Hall–Kier alpha value is -3.03. The largest absolute Gasteiger partial charge is 0.455 e. The van der Waals surface area contributed by atoms with Gasteiger partial charge in [0.15, 0.2) is 6.73 Å². The van der Waals surface area contributed by atoms with Crippen molar-refractivity contribution in [2.24, 2.45) is 0 Å². The molecule has 0 spiro atoms. The number of hydrogen-bond acceptors (Lipinski definition) is 6. The van der Waals surface area contributed by atoms with Gasteiger partial charge < -0.3 is 15.4 Å². The molecule has 2 aromatic carbocycles. The first kappa shape index (κ1) is 19.0. The third-order valence-corrected chi connectivity index (χ3v) is 5.68. The molecule has 3 aromatic rings. The van der Waals surface area contributed by atoms with Gasteiger partial charge in [0.1, 0.15) is 5.56 Å². The van der Waals surface area contributed by atoms with Crippen LogP contribution in [0.25, 0.3) is 0 Å². The number of benzene rings is 2. The van der Waals surface area contributed by atoms with E-state index < -0.39 is 0 Å². The van der Waals surface area contributed by atoms with Crippen molar-refractivity contribution in [1.82, 2.24) is 9.97 Å². The lowest BCUT2D eigenvalue weighted by Gasteiger charge is -2.29. The zero-order valence-corrected chi connectivity index (χ0v) is 17.3. The van der Waals surface area contributed by atoms with Crippen molar-refractivity contribution in [2.75, 3.05) is 28.8 Å². The molecule has 2 aliphatic heterocycles. The van der Waals surface area contributed by atoms with Crippen molar-refractivity contribution in [2.45, 2.75) is 12.8 Å². The van der Waals surface area contributed by atoms with Gasteiger partial charge in [0, 0.05) is 24.1 Å². The maximum atomic E-state index is 13.0. The van der Waals surface area contributed by atoms with Crippen LogP contribution in [0.3, 0.4) is 0 Å². The Morgan fingerprint density at radius 3 is 2.83 bits per heavy atom. The van der Waals surface area contributed by atoms with Crippen molar-refractivity contribution < 1.29 is 9.53 Å². The molecular weight excluding hydrogens is 425 g/mol. The molecule has 0 bridgehead atoms. The van der Waals surface area contributed by atoms with Crippen LogP contribution < -0.4 is 20.3 Å². The number of anilines is 4. The summed E-state index contributed by atoms with van der Waals surface area (Å²) in [5.74, 6) is 0.241. The van der Waals surface area contributed by atoms with Crippen molar-refractivity contribution in [3.05, 3.63) is 63.8 Å². The van der Waals surface area contributed by atoms with Gasteiger partial charge in [0.25, 0.3) is 5.91 Å². The first-order valence-electron chi connectivity index (χ1n) is 9.50. The Labute approximate surface area is 183 Å². The highest BCUT2D eigenvalue weighted by Gasteiger charge is 2.31. The van der Waals surface area contributed by atoms with Crippen molar-refractivity contribution in [3.63, 3.8) is 0 Å². The summed E-state index contributed by atoms with van der Waals surface area (Å²) in [4.78, 5) is 23.0. The molecule has 2 aliphatic rings. The summed E-state index contributed by atoms with van der Waals surface area (Å²) in [7, 11) is 0. The highest BCUT2D eigenvalue weighted by molar-refractivity contribution is 6.40. The van der Waals surface area contributed by atoms with Gasteiger partial charge in [-0.25, -0.2) is 4.98 Å². The number of carbonyl (C=O) groups excluding carboxylic acids is 1. The Kier molecular flexibility index (Phi) is 4.84. The van der Waals surface area contributed by atoms with E-state index in [1.54, 1.807) is 18.2 Å². The second-order valence-corrected chi connectivity index (χ2v) is 7.83. The third-order valence-electron chi connectivity index (χ3n) is 5.07. The molecule has 152 valence electrons. The Morgan fingerprint density at radius 1 is 1.17 bits per heavy atom. The van der Waals surface area contributed by atoms with Gasteiger partial charge in [-0.15, -0.1) is 0 Å². The zero-order chi connectivity index (χ0) is 20.7. The zero-order valence-electron chi connectivity index (χ0n) is 15.8. The van der Waals surface area contributed by atoms with Gasteiger partial charge in [0.05, 0.1) is 15.7 Å². The number of ether oxygens (including phenoxy) is 1. The lowest BCUT2D eigenvalue weighted by Crippen LogP contribution is -2.39. The molecule has 0 atom stereocenters. The molecule has 9 heteroatoms. The first-order chi connectivity index (χ1) is 14.6. The van der Waals surface area contributed by atoms with Crippen LogP contribution in [-0.4, -0.2) is 29.2 Å². The number of aryl methyl sites for hydroxylation is 1. The first-order valence-corrected chi connectivity index (χ1v) is 10.3. The van der Waals surface area contributed by atoms with Crippen molar-refractivity contribution in [1.29, 1.82) is 0 Å². The van der Waals surface area contributed by atoms with E-state index in [4.69, 9.17) is 27.9 Å². The summed E-state index contributed by atoms with van der Waals surface area (Å²) in [6.07, 6.45) is 3.65. The molecule has 1 amide bonds. The highest BCUT2D eigenvalue weighted by atomic mass is 35.5. The molecule has 5 rings (SSSR count). The number of carbonyl (C=O) groups is 1. The molecule has 0 unspecified atom stereocenters. The number of rotatable bonds is 3. The smallest absolute Gasteiger partial charge is 0.268 e. The van der Waals surface area contributed by atoms with Gasteiger partial charge in [-0.3, -0.25) is 9.69 Å². The number of fused-ring (bicyclic) bond motifs is 2. The minimum Gasteiger partial charge on any atom is -0.455 e. The molecule has 0 radical (unpaired) electrons. The van der Waals surface area contributed by atoms with Crippen LogP contribution in [0.1, 0.15) is 22.3 Å². The van der Waals surface area contributed by atoms with Crippen molar-refractivity contribution in [3.8, 4) is 5.88 Å². The molecule has 1 aromatic heterocycles. The van der Waals surface area contributed by atoms with Crippen LogP contribution in [0, 0.1) is 0 Å². The summed E-state index contributed by atoms with van der Waals surface area (Å²) < 4.78 is 5.72. The number of nitrogens with one attached hydrogen (secondary N) is 2. The predicted molar refractivity (Wildman–Crippen MR) is 117 cm³/mol. The number of nitrogens with zero attached hydrogens (tertiary/aromatic N) is 3. The van der Waals surface area contributed by atoms with Crippen molar-refractivity contribution >= 4 is 52.1 Å². The normalized spacial score (nSPS) is 15.0. The van der Waals surface area contributed by atoms with Crippen LogP contribution in [0.15, 0.2) is 42.6 Å². The third kappa shape index (κ3) is 3.40. The maximum Gasteiger partial charge on any atom is 0.268 e. The van der Waals surface area contributed by atoms with Crippen LogP contribution in [0.4, 0.5) is 23.0 Å². The SMILES string of the molecule is O=C1c2cnc(Nc3ccc4c(c3)NCCC4)nc2OCN1c1c(Cl)cccc1Cl. The standard InChI is InChI=1S/C21H17Cl2N5O2/c22-15-4-1-5-16(23)18(15)28-11-30-19-14(20(28)29)10-25-21(27-19)26-13-7-6-12-3-2-8-24-17(12)9-13/h1,4-7,9-10,24H,2-3,8,11H2,(H,25,26,27). The number of amides is 1. The minimum atomic E-state index is -0.323. The van der Waals surface area contributed by atoms with E-state index in [0.717, 1.165) is 30.8 Å². The van der Waals surface area contributed by atoms with Gasteiger partial charge in [-0.05, 0) is 42.7 Å². The minimum absolute atomic E-state index is 0.0471. The average molecular weight is 442 g/mol. The molecule has 0 saturated heterocycles. The molecule has 0 aliphatic carbocycles. The lowest BCUT2D eigenvalue weighted by atomic mass is 10.0. The second kappa shape index (κ2) is 7.66. The number of hydrogen-bond donors (Lipinski definition) is 2. The quantitative estimate of drug-likeness (QED) is 0.602. The molecule has 2 N–H and O–H groups in total. The predicted octanol–water partition coefficient (Wildman–Crippen LogP) is 4.88. The van der Waals surface area contributed by atoms with E-state index in [1.165, 1.54) is 16.7 Å². The van der Waals surface area contributed by atoms with Gasteiger partial charge in [-0.1, -0.05) is 35.3 Å². The van der Waals surface area contributed by atoms with E-state index in [-0.39, 0.29) is 24.1 Å². The van der Waals surface area contributed by atoms with E-state index in [9.17, 15) is 4.79 Å². The van der Waals surface area contributed by atoms with Crippen LogP contribution >= 0.6 is 23.2 Å². The number of para-hydroxylation sites is 1. The summed E-state index contributed by atoms with van der Waals surface area (Å²) in [6, 6.07) is 11.2. The van der Waals surface area contributed by atoms with Gasteiger partial charge >= 0.3 is 0 Å². The fourth-order valence-corrected chi connectivity index (χ4v) is 4.20. The molecule has 30 heavy (non-hydrogen) atoms. The van der Waals surface area contributed by atoms with E-state index in [0.29, 0.717) is 21.7 Å². The Bertz CT molecular complexity index is 1130. The lowest BCUT2D eigenvalue weighted by molar-refractivity contribution is 0.0932. The molecule has 7 nitrogen and oxygen atoms in total. The summed E-state index contributed by atoms with van der Waals surface area (Å²) in [5.41, 5.74) is 3.91. The molecule has 0 saturated carbocycles. The molecule has 3 heterocycles. The Balaban J connectivity index is 1.40. The topological polar surface area (TPSA) is 79.4 Å². The molecular formula is C21H17Cl2N5O2. The summed E-state index contributed by atoms with van der Waals surface area (Å²) in [5, 5.41) is 7.30. The van der Waals surface area contributed by atoms with E-state index in [1.807, 2.05) is 12.1 Å². The fraction of sp³-hybridized carbons (Fsp3) is 0.190. The van der Waals surface area contributed by atoms with Crippen LogP contribution in [0.5, 0.6) is 5.88 Å².